The van der Waals surface area contributed by atoms with Crippen LogP contribution in [0.4, 0.5) is 0 Å². The molecule has 7 N–H and O–H groups in total. The summed E-state index contributed by atoms with van der Waals surface area (Å²) in [5.74, 6) is 5.72. The molecule has 8 heteroatoms. The molecular weight excluding hydrogens is 546 g/mol. The number of benzene rings is 1. The smallest absolute Gasteiger partial charge is 0.303 e. The van der Waals surface area contributed by atoms with Crippen LogP contribution in [0.15, 0.2) is 47.6 Å². The summed E-state index contributed by atoms with van der Waals surface area (Å²) in [6.45, 7) is 3.35. The molecule has 0 saturated heterocycles. The van der Waals surface area contributed by atoms with Gasteiger partial charge in [-0.1, -0.05) is 81.2 Å². The lowest BCUT2D eigenvalue weighted by Crippen LogP contribution is -2.46. The highest BCUT2D eigenvalue weighted by atomic mass is 16.4. The van der Waals surface area contributed by atoms with Gasteiger partial charge in [-0.3, -0.25) is 4.79 Å². The number of hydrogen-bond acceptors (Lipinski definition) is 7. The van der Waals surface area contributed by atoms with Crippen molar-refractivity contribution < 1.29 is 35.4 Å². The van der Waals surface area contributed by atoms with Crippen LogP contribution in [0, 0.1) is 11.8 Å². The molecule has 0 amide bonds. The first-order valence-corrected chi connectivity index (χ1v) is 15.9. The minimum absolute atomic E-state index is 0.140. The highest BCUT2D eigenvalue weighted by Gasteiger charge is 2.26. The normalized spacial score (nSPS) is 22.4. The van der Waals surface area contributed by atoms with Gasteiger partial charge in [0.25, 0.3) is 0 Å². The molecule has 1 aliphatic rings. The van der Waals surface area contributed by atoms with Crippen LogP contribution in [0.25, 0.3) is 0 Å². The zero-order valence-electron chi connectivity index (χ0n) is 25.9. The molecule has 0 radical (unpaired) electrons. The summed E-state index contributed by atoms with van der Waals surface area (Å²) in [6, 6.07) is 7.33. The third-order valence-corrected chi connectivity index (χ3v) is 8.10. The average molecular weight is 600 g/mol. The highest BCUT2D eigenvalue weighted by Crippen LogP contribution is 2.27. The Morgan fingerprint density at radius 3 is 2.51 bits per heavy atom. The average Bonchev–Trinajstić information content (AvgIpc) is 2.98. The summed E-state index contributed by atoms with van der Waals surface area (Å²) in [6.07, 6.45) is 7.73. The van der Waals surface area contributed by atoms with Gasteiger partial charge in [0.15, 0.2) is 0 Å². The van der Waals surface area contributed by atoms with Crippen LogP contribution < -0.4 is 5.32 Å². The topological polar surface area (TPSA) is 150 Å². The number of aliphatic hydroxyl groups excluding tert-OH is 5. The van der Waals surface area contributed by atoms with Crippen molar-refractivity contribution >= 4 is 5.97 Å². The van der Waals surface area contributed by atoms with E-state index in [4.69, 9.17) is 5.11 Å². The summed E-state index contributed by atoms with van der Waals surface area (Å²) in [5.41, 5.74) is 3.77. The van der Waals surface area contributed by atoms with Crippen molar-refractivity contribution in [3.63, 3.8) is 0 Å². The molecule has 0 unspecified atom stereocenters. The number of hydrogen-bond donors (Lipinski definition) is 7. The Labute approximate surface area is 257 Å². The number of nitrogens with one attached hydrogen (secondary N) is 1. The number of aliphatic carboxylic acids is 1. The van der Waals surface area contributed by atoms with Crippen molar-refractivity contribution in [2.75, 3.05) is 6.61 Å². The van der Waals surface area contributed by atoms with E-state index in [-0.39, 0.29) is 24.9 Å². The van der Waals surface area contributed by atoms with Crippen molar-refractivity contribution in [3.05, 3.63) is 58.7 Å². The predicted octanol–water partition coefficient (Wildman–Crippen LogP) is 4.02. The lowest BCUT2D eigenvalue weighted by atomic mass is 9.86. The Hall–Kier alpha value is -2.51. The summed E-state index contributed by atoms with van der Waals surface area (Å²) in [7, 11) is 0. The molecule has 240 valence electrons. The Bertz CT molecular complexity index is 1090. The Balaban J connectivity index is 2.55. The minimum atomic E-state index is -1.05. The quantitative estimate of drug-likeness (QED) is 0.105. The third-order valence-electron chi connectivity index (χ3n) is 8.10. The van der Waals surface area contributed by atoms with E-state index in [0.717, 1.165) is 54.4 Å². The summed E-state index contributed by atoms with van der Waals surface area (Å²) in [4.78, 5) is 10.9. The van der Waals surface area contributed by atoms with Gasteiger partial charge in [0.2, 0.25) is 0 Å². The van der Waals surface area contributed by atoms with Gasteiger partial charge >= 0.3 is 5.97 Å². The van der Waals surface area contributed by atoms with E-state index in [9.17, 15) is 30.3 Å². The molecular formula is C35H53NO7. The number of aryl methyl sites for hydroxylation is 1. The van der Waals surface area contributed by atoms with E-state index >= 15 is 0 Å². The number of carboxylic acid groups (broad SMARTS) is 1. The van der Waals surface area contributed by atoms with Gasteiger partial charge in [-0.05, 0) is 68.2 Å². The summed E-state index contributed by atoms with van der Waals surface area (Å²) in [5, 5.41) is 65.0. The lowest BCUT2D eigenvalue weighted by molar-refractivity contribution is -0.137. The number of carboxylic acids is 1. The molecule has 0 bridgehead atoms. The van der Waals surface area contributed by atoms with Crippen molar-refractivity contribution in [1.82, 2.24) is 5.32 Å². The van der Waals surface area contributed by atoms with Crippen molar-refractivity contribution in [1.29, 1.82) is 0 Å². The number of carbonyl (C=O) groups is 1. The van der Waals surface area contributed by atoms with Crippen LogP contribution in [0.3, 0.4) is 0 Å². The zero-order chi connectivity index (χ0) is 31.6. The molecule has 6 atom stereocenters. The van der Waals surface area contributed by atoms with Crippen LogP contribution in [-0.4, -0.2) is 79.7 Å². The molecule has 0 saturated carbocycles. The summed E-state index contributed by atoms with van der Waals surface area (Å²) < 4.78 is 0. The van der Waals surface area contributed by atoms with Gasteiger partial charge in [-0.15, -0.1) is 0 Å². The largest absolute Gasteiger partial charge is 0.481 e. The molecule has 1 aromatic rings. The first-order valence-electron chi connectivity index (χ1n) is 15.9. The van der Waals surface area contributed by atoms with Crippen LogP contribution in [0.5, 0.6) is 0 Å². The second kappa shape index (κ2) is 20.4. The van der Waals surface area contributed by atoms with Crippen molar-refractivity contribution in [2.45, 2.75) is 134 Å². The van der Waals surface area contributed by atoms with Gasteiger partial charge in [-0.2, -0.15) is 0 Å². The molecule has 8 nitrogen and oxygen atoms in total. The lowest BCUT2D eigenvalue weighted by Gasteiger charge is -2.31. The van der Waals surface area contributed by atoms with Gasteiger partial charge in [0.05, 0.1) is 31.0 Å². The highest BCUT2D eigenvalue weighted by molar-refractivity contribution is 5.66. The molecule has 0 aromatic heterocycles. The maximum absolute atomic E-state index is 10.9. The van der Waals surface area contributed by atoms with Crippen molar-refractivity contribution in [3.8, 4) is 11.8 Å². The van der Waals surface area contributed by atoms with Crippen molar-refractivity contribution in [2.24, 2.45) is 0 Å². The summed E-state index contributed by atoms with van der Waals surface area (Å²) >= 11 is 0. The molecule has 0 aliphatic carbocycles. The second-order valence-electron chi connectivity index (χ2n) is 11.7. The Morgan fingerprint density at radius 2 is 1.81 bits per heavy atom. The van der Waals surface area contributed by atoms with E-state index in [0.29, 0.717) is 38.5 Å². The third kappa shape index (κ3) is 13.8. The Morgan fingerprint density at radius 1 is 1.07 bits per heavy atom. The van der Waals surface area contributed by atoms with Crippen LogP contribution in [0.1, 0.15) is 102 Å². The fourth-order valence-corrected chi connectivity index (χ4v) is 5.44. The molecule has 1 aliphatic heterocycles. The number of fused-ring (bicyclic) bond motifs is 1. The van der Waals surface area contributed by atoms with Gasteiger partial charge in [-0.25, -0.2) is 0 Å². The molecule has 43 heavy (non-hydrogen) atoms. The van der Waals surface area contributed by atoms with Gasteiger partial charge < -0.3 is 36.0 Å². The number of allylic oxidation sites excluding steroid dienone is 2. The fraction of sp³-hybridized carbons (Fsp3) is 0.629. The van der Waals surface area contributed by atoms with E-state index < -0.39 is 37.0 Å². The maximum Gasteiger partial charge on any atom is 0.303 e. The zero-order valence-corrected chi connectivity index (χ0v) is 25.9. The number of rotatable bonds is 17. The van der Waals surface area contributed by atoms with Gasteiger partial charge in [0.1, 0.15) is 0 Å². The predicted molar refractivity (Wildman–Crippen MR) is 169 cm³/mol. The number of unbranched alkanes of at least 4 members (excludes halogenated alkanes) is 4. The first kappa shape index (κ1) is 36.7. The van der Waals surface area contributed by atoms with Crippen LogP contribution >= 0.6 is 0 Å². The van der Waals surface area contributed by atoms with Gasteiger partial charge in [0, 0.05) is 30.5 Å². The molecule has 0 fully saturated rings. The van der Waals surface area contributed by atoms with E-state index in [2.05, 4.69) is 17.2 Å². The monoisotopic (exact) mass is 599 g/mol. The Kier molecular flexibility index (Phi) is 17.4. The van der Waals surface area contributed by atoms with Crippen LogP contribution in [-0.2, 0) is 11.2 Å². The minimum Gasteiger partial charge on any atom is -0.481 e. The molecule has 1 aromatic carbocycles. The standard InChI is InChI=1S/C35H53NO7/c1-3-4-17-33(40)34(41)22-21-28-20-19-27-13-10-9-12-26(27)14-11-16-31(25(2)38)36-32(30(28)23-29(39)24-37)15-7-5-6-8-18-35(42)43/h9-10,12-13,21-22,25,29,31-34,36-41H,3-8,15-20,23-24H2,1-2H3,(H,42,43)/b22-21+,30-28+/t25-,29-,31+,32-,33-,34+/m0/s1. The van der Waals surface area contributed by atoms with E-state index in [1.54, 1.807) is 13.0 Å². The first-order chi connectivity index (χ1) is 20.7. The van der Waals surface area contributed by atoms with E-state index in [1.165, 1.54) is 0 Å². The number of aliphatic hydroxyl groups is 5. The maximum atomic E-state index is 10.9. The molecule has 2 rings (SSSR count). The SMILES string of the molecule is CCCC[C@H](O)[C@H](O)/C=C/C1=C(\C[C@H](O)CO)[C@H](CCCCCCC(=O)O)N[C@@H]([C@H](C)O)CC#Cc2ccccc2CC1. The van der Waals surface area contributed by atoms with E-state index in [1.807, 2.05) is 37.3 Å². The fourth-order valence-electron chi connectivity index (χ4n) is 5.44. The molecule has 1 heterocycles. The molecule has 0 spiro atoms. The second-order valence-corrected chi connectivity index (χ2v) is 11.7. The van der Waals surface area contributed by atoms with Crippen LogP contribution in [0.2, 0.25) is 0 Å².